The second-order valence-electron chi connectivity index (χ2n) is 6.49. The van der Waals surface area contributed by atoms with Gasteiger partial charge in [-0.15, -0.1) is 0 Å². The maximum Gasteiger partial charge on any atom is 0.198 e. The number of carbonyl (C=O) groups excluding carboxylic acids is 1. The molecule has 0 aromatic rings. The molecule has 0 aromatic carbocycles. The van der Waals surface area contributed by atoms with Crippen LogP contribution in [0.15, 0.2) is 4.99 Å². The Hall–Kier alpha value is -0.860. The molecule has 0 saturated heterocycles. The molecule has 4 unspecified atom stereocenters. The van der Waals surface area contributed by atoms with Gasteiger partial charge in [0.1, 0.15) is 17.3 Å². The summed E-state index contributed by atoms with van der Waals surface area (Å²) in [4.78, 5) is 17.1. The van der Waals surface area contributed by atoms with Crippen LogP contribution in [0.25, 0.3) is 0 Å². The molecule has 2 aliphatic carbocycles. The lowest BCUT2D eigenvalue weighted by Gasteiger charge is -2.35. The van der Waals surface area contributed by atoms with Gasteiger partial charge in [-0.2, -0.15) is 0 Å². The number of carbonyl (C=O) groups is 1. The van der Waals surface area contributed by atoms with Gasteiger partial charge in [0.05, 0.1) is 6.04 Å². The number of rotatable bonds is 1. The third-order valence-corrected chi connectivity index (χ3v) is 5.56. The van der Waals surface area contributed by atoms with Crippen molar-refractivity contribution < 1.29 is 9.53 Å². The summed E-state index contributed by atoms with van der Waals surface area (Å²) in [5.74, 6) is 1.62. The van der Waals surface area contributed by atoms with Crippen LogP contribution in [-0.4, -0.2) is 23.8 Å². The minimum atomic E-state index is -0.406. The van der Waals surface area contributed by atoms with Crippen LogP contribution in [0.1, 0.15) is 47.0 Å². The van der Waals surface area contributed by atoms with Crippen LogP contribution < -0.4 is 0 Å². The van der Waals surface area contributed by atoms with Crippen molar-refractivity contribution in [3.05, 3.63) is 0 Å². The van der Waals surface area contributed by atoms with Gasteiger partial charge in [0.2, 0.25) is 0 Å². The number of fused-ring (bicyclic) bond motifs is 2. The highest BCUT2D eigenvalue weighted by Gasteiger charge is 2.68. The normalized spacial score (nSPS) is 47.2. The van der Waals surface area contributed by atoms with Crippen LogP contribution >= 0.6 is 0 Å². The Morgan fingerprint density at radius 1 is 1.35 bits per heavy atom. The number of ether oxygens (including phenoxy) is 1. The Kier molecular flexibility index (Phi) is 2.06. The first-order valence-corrected chi connectivity index (χ1v) is 6.68. The molecule has 4 atom stereocenters. The van der Waals surface area contributed by atoms with E-state index in [1.54, 1.807) is 0 Å². The van der Waals surface area contributed by atoms with Crippen molar-refractivity contribution in [1.82, 2.24) is 0 Å². The zero-order valence-electron chi connectivity index (χ0n) is 11.1. The number of hydrogen-bond acceptors (Lipinski definition) is 3. The van der Waals surface area contributed by atoms with E-state index in [9.17, 15) is 4.79 Å². The van der Waals surface area contributed by atoms with E-state index in [4.69, 9.17) is 4.74 Å². The summed E-state index contributed by atoms with van der Waals surface area (Å²) in [6.07, 6.45) is 2.91. The highest BCUT2D eigenvalue weighted by Crippen LogP contribution is 2.65. The lowest BCUT2D eigenvalue weighted by molar-refractivity contribution is -0.126. The molecule has 3 aliphatic rings. The van der Waals surface area contributed by atoms with Crippen molar-refractivity contribution >= 4 is 11.7 Å². The van der Waals surface area contributed by atoms with E-state index in [1.165, 1.54) is 0 Å². The Labute approximate surface area is 103 Å². The number of Topliss-reactive ketones (excluding diaryl/α,β-unsaturated/α-hetero) is 1. The predicted molar refractivity (Wildman–Crippen MR) is 66.0 cm³/mol. The molecule has 0 spiro atoms. The van der Waals surface area contributed by atoms with Gasteiger partial charge in [-0.1, -0.05) is 13.8 Å². The molecule has 0 amide bonds. The van der Waals surface area contributed by atoms with Crippen LogP contribution in [0, 0.1) is 16.7 Å². The van der Waals surface area contributed by atoms with Gasteiger partial charge in [0, 0.05) is 6.42 Å². The molecule has 3 rings (SSSR count). The first-order valence-electron chi connectivity index (χ1n) is 6.68. The predicted octanol–water partition coefficient (Wildman–Crippen LogP) is 2.59. The van der Waals surface area contributed by atoms with E-state index >= 15 is 0 Å². The van der Waals surface area contributed by atoms with Gasteiger partial charge in [0.25, 0.3) is 0 Å². The highest BCUT2D eigenvalue weighted by molar-refractivity contribution is 6.10. The Morgan fingerprint density at radius 2 is 2.06 bits per heavy atom. The zero-order valence-corrected chi connectivity index (χ0v) is 11.1. The van der Waals surface area contributed by atoms with Crippen molar-refractivity contribution in [2.75, 3.05) is 0 Å². The van der Waals surface area contributed by atoms with Gasteiger partial charge >= 0.3 is 0 Å². The maximum absolute atomic E-state index is 12.4. The molecule has 2 fully saturated rings. The zero-order chi connectivity index (χ0) is 12.4. The fraction of sp³-hybridized carbons (Fsp3) is 0.857. The highest BCUT2D eigenvalue weighted by atomic mass is 16.5. The lowest BCUT2D eigenvalue weighted by atomic mass is 9.68. The number of nitrogens with zero attached hydrogens (tertiary/aromatic N) is 1. The SMILES string of the molecule is CC1N=C(C23CCC(CC2=O)C3(C)C)OC1C. The van der Waals surface area contributed by atoms with Crippen LogP contribution in [0.4, 0.5) is 0 Å². The van der Waals surface area contributed by atoms with Crippen molar-refractivity contribution in [2.24, 2.45) is 21.7 Å². The molecule has 17 heavy (non-hydrogen) atoms. The molecule has 2 saturated carbocycles. The van der Waals surface area contributed by atoms with Gasteiger partial charge < -0.3 is 4.74 Å². The number of aliphatic imine (C=N–C) groups is 1. The lowest BCUT2D eigenvalue weighted by Crippen LogP contribution is -2.44. The molecule has 0 radical (unpaired) electrons. The molecule has 1 aliphatic heterocycles. The molecular weight excluding hydrogens is 214 g/mol. The summed E-state index contributed by atoms with van der Waals surface area (Å²) < 4.78 is 5.91. The van der Waals surface area contributed by atoms with E-state index in [2.05, 4.69) is 25.8 Å². The van der Waals surface area contributed by atoms with Crippen LogP contribution in [0.3, 0.4) is 0 Å². The molecule has 2 bridgehead atoms. The van der Waals surface area contributed by atoms with E-state index in [-0.39, 0.29) is 17.6 Å². The molecule has 0 N–H and O–H groups in total. The maximum atomic E-state index is 12.4. The average molecular weight is 235 g/mol. The van der Waals surface area contributed by atoms with Crippen LogP contribution in [-0.2, 0) is 9.53 Å². The second-order valence-corrected chi connectivity index (χ2v) is 6.49. The molecule has 0 aromatic heterocycles. The van der Waals surface area contributed by atoms with Crippen molar-refractivity contribution in [3.8, 4) is 0 Å². The third-order valence-electron chi connectivity index (χ3n) is 5.56. The number of ketones is 1. The van der Waals surface area contributed by atoms with Crippen molar-refractivity contribution in [3.63, 3.8) is 0 Å². The first kappa shape index (κ1) is 11.2. The average Bonchev–Trinajstić information content (AvgIpc) is 2.76. The molecule has 94 valence electrons. The Bertz CT molecular complexity index is 412. The summed E-state index contributed by atoms with van der Waals surface area (Å²) in [5.41, 5.74) is -0.386. The van der Waals surface area contributed by atoms with Crippen molar-refractivity contribution in [1.29, 1.82) is 0 Å². The third kappa shape index (κ3) is 1.13. The largest absolute Gasteiger partial charge is 0.475 e. The Balaban J connectivity index is 2.06. The first-order chi connectivity index (χ1) is 7.89. The summed E-state index contributed by atoms with van der Waals surface area (Å²) in [6, 6.07) is 0.183. The van der Waals surface area contributed by atoms with E-state index in [0.29, 0.717) is 11.7 Å². The standard InChI is InChI=1S/C14H21NO2/c1-8-9(2)17-12(15-8)14-6-5-10(7-11(14)16)13(14,3)4/h8-10H,5-7H2,1-4H3. The van der Waals surface area contributed by atoms with E-state index < -0.39 is 5.41 Å². The monoisotopic (exact) mass is 235 g/mol. The summed E-state index contributed by atoms with van der Waals surface area (Å²) in [6.45, 7) is 8.54. The summed E-state index contributed by atoms with van der Waals surface area (Å²) in [5, 5.41) is 0. The quantitative estimate of drug-likeness (QED) is 0.700. The summed E-state index contributed by atoms with van der Waals surface area (Å²) >= 11 is 0. The second kappa shape index (κ2) is 3.12. The topological polar surface area (TPSA) is 38.7 Å². The molecular formula is C14H21NO2. The molecule has 1 heterocycles. The van der Waals surface area contributed by atoms with Crippen molar-refractivity contribution in [2.45, 2.75) is 59.1 Å². The van der Waals surface area contributed by atoms with E-state index in [1.807, 2.05) is 6.92 Å². The summed E-state index contributed by atoms with van der Waals surface area (Å²) in [7, 11) is 0. The van der Waals surface area contributed by atoms with E-state index in [0.717, 1.165) is 25.2 Å². The fourth-order valence-electron chi connectivity index (χ4n) is 3.98. The Morgan fingerprint density at radius 3 is 2.47 bits per heavy atom. The minimum absolute atomic E-state index is 0.0205. The molecule has 3 nitrogen and oxygen atoms in total. The smallest absolute Gasteiger partial charge is 0.198 e. The van der Waals surface area contributed by atoms with Crippen LogP contribution in [0.2, 0.25) is 0 Å². The van der Waals surface area contributed by atoms with Gasteiger partial charge in [0.15, 0.2) is 5.90 Å². The van der Waals surface area contributed by atoms with Crippen LogP contribution in [0.5, 0.6) is 0 Å². The molecule has 3 heteroatoms. The van der Waals surface area contributed by atoms with Gasteiger partial charge in [-0.25, -0.2) is 4.99 Å². The van der Waals surface area contributed by atoms with Gasteiger partial charge in [-0.3, -0.25) is 4.79 Å². The fourth-order valence-corrected chi connectivity index (χ4v) is 3.98. The minimum Gasteiger partial charge on any atom is -0.475 e. The van der Waals surface area contributed by atoms with Gasteiger partial charge in [-0.05, 0) is 38.0 Å². The number of hydrogen-bond donors (Lipinski definition) is 0.